The molecule has 0 aromatic carbocycles. The zero-order valence-corrected chi connectivity index (χ0v) is 16.9. The number of hydrogen-bond donors (Lipinski definition) is 3. The Labute approximate surface area is 157 Å². The van der Waals surface area contributed by atoms with Gasteiger partial charge in [0.05, 0.1) is 30.5 Å². The van der Waals surface area contributed by atoms with Gasteiger partial charge >= 0.3 is 0 Å². The standard InChI is InChI=1S/C21H36O5/c1-15(18(24)13-16(2)20(3,4)25)7-6-11-21(5)19(26-21)9-8-17(14-23)10-12-22/h10,13,15,19,22-23,25H,6-9,11-12,14H2,1-5H3. The molecule has 0 amide bonds. The van der Waals surface area contributed by atoms with Gasteiger partial charge in [0, 0.05) is 5.92 Å². The van der Waals surface area contributed by atoms with E-state index in [2.05, 4.69) is 6.92 Å². The van der Waals surface area contributed by atoms with E-state index in [-0.39, 0.29) is 36.6 Å². The number of epoxide rings is 1. The molecule has 0 bridgehead atoms. The highest BCUT2D eigenvalue weighted by molar-refractivity contribution is 5.92. The molecule has 0 aromatic heterocycles. The van der Waals surface area contributed by atoms with Crippen LogP contribution in [0, 0.1) is 5.92 Å². The molecule has 0 saturated carbocycles. The highest BCUT2D eigenvalue weighted by Crippen LogP contribution is 2.43. The van der Waals surface area contributed by atoms with E-state index in [9.17, 15) is 15.0 Å². The molecule has 1 rings (SSSR count). The van der Waals surface area contributed by atoms with Crippen molar-refractivity contribution in [2.24, 2.45) is 5.92 Å². The minimum Gasteiger partial charge on any atom is -0.392 e. The van der Waals surface area contributed by atoms with Crippen LogP contribution < -0.4 is 0 Å². The molecule has 1 heterocycles. The molecule has 1 saturated heterocycles. The number of ketones is 1. The number of aliphatic hydroxyl groups excluding tert-OH is 2. The van der Waals surface area contributed by atoms with Crippen LogP contribution in [0.5, 0.6) is 0 Å². The number of rotatable bonds is 12. The van der Waals surface area contributed by atoms with Gasteiger partial charge in [-0.15, -0.1) is 0 Å². The molecule has 26 heavy (non-hydrogen) atoms. The fourth-order valence-corrected chi connectivity index (χ4v) is 3.00. The monoisotopic (exact) mass is 368 g/mol. The van der Waals surface area contributed by atoms with Crippen LogP contribution in [-0.4, -0.2) is 51.6 Å². The first kappa shape index (κ1) is 23.0. The van der Waals surface area contributed by atoms with Gasteiger partial charge in [0.1, 0.15) is 0 Å². The van der Waals surface area contributed by atoms with Crippen LogP contribution in [0.25, 0.3) is 0 Å². The Morgan fingerprint density at radius 2 is 2.00 bits per heavy atom. The number of aliphatic hydroxyl groups is 3. The first-order chi connectivity index (χ1) is 12.0. The van der Waals surface area contributed by atoms with Crippen molar-refractivity contribution < 1.29 is 24.9 Å². The van der Waals surface area contributed by atoms with Crippen LogP contribution in [-0.2, 0) is 9.53 Å². The maximum Gasteiger partial charge on any atom is 0.158 e. The van der Waals surface area contributed by atoms with Crippen molar-refractivity contribution in [2.45, 2.75) is 84.0 Å². The third kappa shape index (κ3) is 7.31. The SMILES string of the molecule is CC(=CC(=O)C(C)CCCC1(C)OC1CCC(=CCO)CO)C(C)(C)O. The summed E-state index contributed by atoms with van der Waals surface area (Å²) >= 11 is 0. The van der Waals surface area contributed by atoms with Crippen molar-refractivity contribution in [3.05, 3.63) is 23.3 Å². The van der Waals surface area contributed by atoms with E-state index in [0.717, 1.165) is 37.7 Å². The zero-order valence-electron chi connectivity index (χ0n) is 16.9. The summed E-state index contributed by atoms with van der Waals surface area (Å²) in [7, 11) is 0. The van der Waals surface area contributed by atoms with E-state index in [1.807, 2.05) is 6.92 Å². The summed E-state index contributed by atoms with van der Waals surface area (Å²) in [5.41, 5.74) is 0.429. The molecule has 0 aliphatic carbocycles. The Morgan fingerprint density at radius 1 is 1.35 bits per heavy atom. The van der Waals surface area contributed by atoms with Crippen molar-refractivity contribution >= 4 is 5.78 Å². The van der Waals surface area contributed by atoms with Crippen LogP contribution in [0.2, 0.25) is 0 Å². The van der Waals surface area contributed by atoms with Gasteiger partial charge in [-0.05, 0) is 77.0 Å². The summed E-state index contributed by atoms with van der Waals surface area (Å²) in [4.78, 5) is 12.2. The third-order valence-electron chi connectivity index (χ3n) is 5.47. The predicted molar refractivity (Wildman–Crippen MR) is 103 cm³/mol. The van der Waals surface area contributed by atoms with Crippen LogP contribution in [0.3, 0.4) is 0 Å². The normalized spacial score (nSPS) is 25.3. The fourth-order valence-electron chi connectivity index (χ4n) is 3.00. The van der Waals surface area contributed by atoms with Crippen molar-refractivity contribution in [1.82, 2.24) is 0 Å². The molecule has 1 fully saturated rings. The fraction of sp³-hybridized carbons (Fsp3) is 0.762. The molecule has 3 unspecified atom stereocenters. The van der Waals surface area contributed by atoms with E-state index >= 15 is 0 Å². The van der Waals surface area contributed by atoms with E-state index in [4.69, 9.17) is 9.84 Å². The summed E-state index contributed by atoms with van der Waals surface area (Å²) in [6.07, 6.45) is 7.57. The lowest BCUT2D eigenvalue weighted by atomic mass is 9.90. The third-order valence-corrected chi connectivity index (χ3v) is 5.47. The maximum atomic E-state index is 12.2. The van der Waals surface area contributed by atoms with E-state index in [0.29, 0.717) is 5.57 Å². The van der Waals surface area contributed by atoms with E-state index in [1.165, 1.54) is 0 Å². The van der Waals surface area contributed by atoms with Gasteiger partial charge in [-0.25, -0.2) is 0 Å². The second-order valence-electron chi connectivity index (χ2n) is 8.24. The minimum atomic E-state index is -0.962. The molecular formula is C21H36O5. The molecule has 3 N–H and O–H groups in total. The first-order valence-electron chi connectivity index (χ1n) is 9.56. The topological polar surface area (TPSA) is 90.3 Å². The summed E-state index contributed by atoms with van der Waals surface area (Å²) in [5.74, 6) is -0.00801. The molecule has 150 valence electrons. The average molecular weight is 369 g/mol. The predicted octanol–water partition coefficient (Wildman–Crippen LogP) is 2.93. The van der Waals surface area contributed by atoms with Crippen molar-refractivity contribution in [2.75, 3.05) is 13.2 Å². The Morgan fingerprint density at radius 3 is 2.54 bits per heavy atom. The summed E-state index contributed by atoms with van der Waals surface area (Å²) in [5, 5.41) is 28.0. The van der Waals surface area contributed by atoms with Crippen LogP contribution in [0.4, 0.5) is 0 Å². The van der Waals surface area contributed by atoms with Gasteiger partial charge in [-0.1, -0.05) is 13.0 Å². The van der Waals surface area contributed by atoms with Crippen LogP contribution >= 0.6 is 0 Å². The van der Waals surface area contributed by atoms with Gasteiger partial charge < -0.3 is 20.1 Å². The highest BCUT2D eigenvalue weighted by Gasteiger charge is 2.50. The van der Waals surface area contributed by atoms with Crippen molar-refractivity contribution in [3.8, 4) is 0 Å². The van der Waals surface area contributed by atoms with Crippen LogP contribution in [0.15, 0.2) is 23.3 Å². The molecule has 1 aliphatic heterocycles. The Hall–Kier alpha value is -1.01. The van der Waals surface area contributed by atoms with E-state index < -0.39 is 5.60 Å². The molecule has 5 nitrogen and oxygen atoms in total. The summed E-state index contributed by atoms with van der Waals surface area (Å²) in [6, 6.07) is 0. The Kier molecular flexibility index (Phi) is 8.67. The van der Waals surface area contributed by atoms with Gasteiger partial charge in [0.2, 0.25) is 0 Å². The average Bonchev–Trinajstić information content (AvgIpc) is 3.20. The molecule has 0 radical (unpaired) electrons. The Balaban J connectivity index is 2.35. The number of hydrogen-bond acceptors (Lipinski definition) is 5. The first-order valence-corrected chi connectivity index (χ1v) is 9.56. The lowest BCUT2D eigenvalue weighted by Gasteiger charge is -2.18. The zero-order chi connectivity index (χ0) is 20.0. The van der Waals surface area contributed by atoms with Gasteiger partial charge in [0.15, 0.2) is 5.78 Å². The van der Waals surface area contributed by atoms with Crippen molar-refractivity contribution in [3.63, 3.8) is 0 Å². The second-order valence-corrected chi connectivity index (χ2v) is 8.24. The summed E-state index contributed by atoms with van der Waals surface area (Å²) in [6.45, 7) is 9.09. The molecule has 0 spiro atoms. The number of carbonyl (C=O) groups excluding carboxylic acids is 1. The Bertz CT molecular complexity index is 529. The number of carbonyl (C=O) groups is 1. The highest BCUT2D eigenvalue weighted by atomic mass is 16.6. The lowest BCUT2D eigenvalue weighted by Crippen LogP contribution is -2.22. The number of ether oxygens (including phenoxy) is 1. The van der Waals surface area contributed by atoms with Crippen molar-refractivity contribution in [1.29, 1.82) is 0 Å². The molecule has 5 heteroatoms. The van der Waals surface area contributed by atoms with Gasteiger partial charge in [-0.2, -0.15) is 0 Å². The van der Waals surface area contributed by atoms with Crippen LogP contribution in [0.1, 0.15) is 66.7 Å². The smallest absolute Gasteiger partial charge is 0.158 e. The molecule has 0 aromatic rings. The van der Waals surface area contributed by atoms with Gasteiger partial charge in [0.25, 0.3) is 0 Å². The van der Waals surface area contributed by atoms with Gasteiger partial charge in [-0.3, -0.25) is 4.79 Å². The molecular weight excluding hydrogens is 332 g/mol. The minimum absolute atomic E-state index is 0.0266. The summed E-state index contributed by atoms with van der Waals surface area (Å²) < 4.78 is 5.83. The quantitative estimate of drug-likeness (QED) is 0.280. The lowest BCUT2D eigenvalue weighted by molar-refractivity contribution is -0.118. The maximum absolute atomic E-state index is 12.2. The largest absolute Gasteiger partial charge is 0.392 e. The number of allylic oxidation sites excluding steroid dienone is 1. The van der Waals surface area contributed by atoms with E-state index in [1.54, 1.807) is 32.9 Å². The second kappa shape index (κ2) is 9.79. The molecule has 3 atom stereocenters. The molecule has 1 aliphatic rings.